The minimum Gasteiger partial charge on any atom is -0.356 e. The number of benzene rings is 1. The molecule has 2 aromatic rings. The van der Waals surface area contributed by atoms with Crippen molar-refractivity contribution in [2.24, 2.45) is 0 Å². The molecule has 0 atom stereocenters. The highest BCUT2D eigenvalue weighted by atomic mass is 79.9. The van der Waals surface area contributed by atoms with E-state index < -0.39 is 0 Å². The van der Waals surface area contributed by atoms with Crippen molar-refractivity contribution in [2.45, 2.75) is 19.9 Å². The summed E-state index contributed by atoms with van der Waals surface area (Å²) >= 11 is 3.46. The Morgan fingerprint density at radius 1 is 1.41 bits per heavy atom. The number of rotatable bonds is 4. The molecule has 0 saturated heterocycles. The topological polar surface area (TPSA) is 34.0 Å². The number of halogens is 1. The smallest absolute Gasteiger partial charge is 0.221 e. The quantitative estimate of drug-likeness (QED) is 0.924. The molecule has 1 heterocycles. The predicted molar refractivity (Wildman–Crippen MR) is 72.9 cm³/mol. The van der Waals surface area contributed by atoms with Gasteiger partial charge in [-0.05, 0) is 30.5 Å². The number of carbonyl (C=O) groups excluding carboxylic acids is 1. The maximum Gasteiger partial charge on any atom is 0.221 e. The van der Waals surface area contributed by atoms with Crippen molar-refractivity contribution >= 4 is 32.7 Å². The summed E-state index contributed by atoms with van der Waals surface area (Å²) in [5.74, 6) is 0.101. The van der Waals surface area contributed by atoms with Gasteiger partial charge in [0.25, 0.3) is 0 Å². The first-order valence-corrected chi connectivity index (χ1v) is 6.51. The molecule has 0 radical (unpaired) electrons. The fraction of sp³-hybridized carbons (Fsp3) is 0.308. The first-order valence-electron chi connectivity index (χ1n) is 5.72. The van der Waals surface area contributed by atoms with E-state index in [4.69, 9.17) is 0 Å². The van der Waals surface area contributed by atoms with Crippen LogP contribution in [0.1, 0.15) is 13.3 Å². The minimum atomic E-state index is 0.101. The lowest BCUT2D eigenvalue weighted by molar-refractivity contribution is -0.121. The molecule has 0 aliphatic heterocycles. The summed E-state index contributed by atoms with van der Waals surface area (Å²) in [6, 6.07) is 8.24. The summed E-state index contributed by atoms with van der Waals surface area (Å²) < 4.78 is 3.16. The molecule has 17 heavy (non-hydrogen) atoms. The Bertz CT molecular complexity index is 533. The molecule has 1 aromatic carbocycles. The Labute approximate surface area is 109 Å². The van der Waals surface area contributed by atoms with Gasteiger partial charge in [0.1, 0.15) is 0 Å². The Kier molecular flexibility index (Phi) is 3.84. The van der Waals surface area contributed by atoms with E-state index in [9.17, 15) is 4.79 Å². The number of nitrogens with one attached hydrogen (secondary N) is 1. The van der Waals surface area contributed by atoms with E-state index in [2.05, 4.69) is 44.0 Å². The molecule has 0 aliphatic rings. The second-order valence-electron chi connectivity index (χ2n) is 3.92. The number of amides is 1. The van der Waals surface area contributed by atoms with Crippen molar-refractivity contribution in [1.29, 1.82) is 0 Å². The van der Waals surface area contributed by atoms with Crippen LogP contribution in [0.3, 0.4) is 0 Å². The van der Waals surface area contributed by atoms with Gasteiger partial charge < -0.3 is 9.88 Å². The van der Waals surface area contributed by atoms with Gasteiger partial charge in [0.05, 0.1) is 0 Å². The van der Waals surface area contributed by atoms with E-state index in [1.54, 1.807) is 0 Å². The molecule has 0 saturated carbocycles. The number of aromatic nitrogens is 1. The van der Waals surface area contributed by atoms with Crippen LogP contribution in [0.25, 0.3) is 10.9 Å². The normalized spacial score (nSPS) is 10.7. The Hall–Kier alpha value is -1.29. The van der Waals surface area contributed by atoms with Gasteiger partial charge in [-0.1, -0.05) is 22.0 Å². The van der Waals surface area contributed by atoms with Crippen molar-refractivity contribution in [3.8, 4) is 0 Å². The van der Waals surface area contributed by atoms with Gasteiger partial charge in [-0.25, -0.2) is 0 Å². The SMILES string of the molecule is CCNC(=O)CCn1ccc2ccc(Br)cc21. The van der Waals surface area contributed by atoms with Crippen LogP contribution in [0.5, 0.6) is 0 Å². The number of carbonyl (C=O) groups is 1. The summed E-state index contributed by atoms with van der Waals surface area (Å²) in [4.78, 5) is 11.4. The fourth-order valence-corrected chi connectivity index (χ4v) is 2.21. The van der Waals surface area contributed by atoms with Crippen LogP contribution < -0.4 is 5.32 Å². The highest BCUT2D eigenvalue weighted by Gasteiger charge is 2.04. The third-order valence-electron chi connectivity index (χ3n) is 2.69. The number of nitrogens with zero attached hydrogens (tertiary/aromatic N) is 1. The van der Waals surface area contributed by atoms with Gasteiger partial charge in [-0.15, -0.1) is 0 Å². The molecule has 0 fully saturated rings. The van der Waals surface area contributed by atoms with Crippen LogP contribution in [-0.2, 0) is 11.3 Å². The minimum absolute atomic E-state index is 0.101. The Balaban J connectivity index is 2.13. The molecule has 0 spiro atoms. The van der Waals surface area contributed by atoms with Crippen molar-refractivity contribution in [2.75, 3.05) is 6.54 Å². The summed E-state index contributed by atoms with van der Waals surface area (Å²) in [6.45, 7) is 3.34. The van der Waals surface area contributed by atoms with E-state index in [1.165, 1.54) is 5.39 Å². The van der Waals surface area contributed by atoms with Crippen LogP contribution in [-0.4, -0.2) is 17.0 Å². The van der Waals surface area contributed by atoms with E-state index in [-0.39, 0.29) is 5.91 Å². The predicted octanol–water partition coefficient (Wildman–Crippen LogP) is 2.93. The van der Waals surface area contributed by atoms with Crippen molar-refractivity contribution in [3.05, 3.63) is 34.9 Å². The molecule has 1 amide bonds. The fourth-order valence-electron chi connectivity index (χ4n) is 1.86. The Morgan fingerprint density at radius 3 is 3.00 bits per heavy atom. The zero-order valence-corrected chi connectivity index (χ0v) is 11.3. The van der Waals surface area contributed by atoms with Crippen molar-refractivity contribution in [3.63, 3.8) is 0 Å². The van der Waals surface area contributed by atoms with Crippen LogP contribution in [0, 0.1) is 0 Å². The average Bonchev–Trinajstić information content (AvgIpc) is 2.69. The molecule has 90 valence electrons. The number of fused-ring (bicyclic) bond motifs is 1. The molecule has 0 bridgehead atoms. The monoisotopic (exact) mass is 294 g/mol. The molecule has 0 aliphatic carbocycles. The molecule has 0 unspecified atom stereocenters. The summed E-state index contributed by atoms with van der Waals surface area (Å²) in [5.41, 5.74) is 1.16. The van der Waals surface area contributed by atoms with Crippen LogP contribution in [0.4, 0.5) is 0 Å². The van der Waals surface area contributed by atoms with E-state index >= 15 is 0 Å². The highest BCUT2D eigenvalue weighted by molar-refractivity contribution is 9.10. The molecule has 1 aromatic heterocycles. The molecular formula is C13H15BrN2O. The van der Waals surface area contributed by atoms with E-state index in [0.717, 1.165) is 9.99 Å². The van der Waals surface area contributed by atoms with Gasteiger partial charge in [-0.3, -0.25) is 4.79 Å². The number of hydrogen-bond acceptors (Lipinski definition) is 1. The van der Waals surface area contributed by atoms with Crippen LogP contribution in [0.15, 0.2) is 34.9 Å². The molecule has 4 heteroatoms. The van der Waals surface area contributed by atoms with Gasteiger partial charge in [0, 0.05) is 35.7 Å². The maximum atomic E-state index is 11.4. The van der Waals surface area contributed by atoms with Gasteiger partial charge in [0.2, 0.25) is 5.91 Å². The standard InChI is InChI=1S/C13H15BrN2O/c1-2-15-13(17)6-8-16-7-5-10-3-4-11(14)9-12(10)16/h3-5,7,9H,2,6,8H2,1H3,(H,15,17). The zero-order chi connectivity index (χ0) is 12.3. The van der Waals surface area contributed by atoms with E-state index in [0.29, 0.717) is 19.5 Å². The summed E-state index contributed by atoms with van der Waals surface area (Å²) in [7, 11) is 0. The number of aryl methyl sites for hydroxylation is 1. The van der Waals surface area contributed by atoms with Gasteiger partial charge >= 0.3 is 0 Å². The average molecular weight is 295 g/mol. The highest BCUT2D eigenvalue weighted by Crippen LogP contribution is 2.21. The van der Waals surface area contributed by atoms with Gasteiger partial charge in [0.15, 0.2) is 0 Å². The van der Waals surface area contributed by atoms with Crippen molar-refractivity contribution < 1.29 is 4.79 Å². The van der Waals surface area contributed by atoms with Crippen LogP contribution in [0.2, 0.25) is 0 Å². The molecule has 3 nitrogen and oxygen atoms in total. The van der Waals surface area contributed by atoms with Gasteiger partial charge in [-0.2, -0.15) is 0 Å². The molecule has 1 N–H and O–H groups in total. The summed E-state index contributed by atoms with van der Waals surface area (Å²) in [6.07, 6.45) is 2.54. The lowest BCUT2D eigenvalue weighted by atomic mass is 10.2. The van der Waals surface area contributed by atoms with Crippen molar-refractivity contribution in [1.82, 2.24) is 9.88 Å². The number of hydrogen-bond donors (Lipinski definition) is 1. The van der Waals surface area contributed by atoms with Crippen LogP contribution >= 0.6 is 15.9 Å². The summed E-state index contributed by atoms with van der Waals surface area (Å²) in [5, 5.41) is 4.00. The van der Waals surface area contributed by atoms with E-state index in [1.807, 2.05) is 19.2 Å². The molecule has 2 rings (SSSR count). The maximum absolute atomic E-state index is 11.4. The first-order chi connectivity index (χ1) is 8.20. The lowest BCUT2D eigenvalue weighted by Gasteiger charge is -2.06. The second-order valence-corrected chi connectivity index (χ2v) is 4.83. The molecular weight excluding hydrogens is 280 g/mol. The largest absolute Gasteiger partial charge is 0.356 e. The third kappa shape index (κ3) is 2.88. The first kappa shape index (κ1) is 12.2. The Morgan fingerprint density at radius 2 is 2.24 bits per heavy atom. The third-order valence-corrected chi connectivity index (χ3v) is 3.18. The second kappa shape index (κ2) is 5.36. The lowest BCUT2D eigenvalue weighted by Crippen LogP contribution is -2.23. The zero-order valence-electron chi connectivity index (χ0n) is 9.74.